The number of aromatic nitrogens is 5. The third-order valence-electron chi connectivity index (χ3n) is 3.57. The summed E-state index contributed by atoms with van der Waals surface area (Å²) in [6.07, 6.45) is 2.27. The Labute approximate surface area is 159 Å². The van der Waals surface area contributed by atoms with E-state index in [0.29, 0.717) is 16.7 Å². The zero-order chi connectivity index (χ0) is 18.5. The second-order valence-corrected chi connectivity index (χ2v) is 7.52. The number of nitrogens with zero attached hydrogens (tertiary/aromatic N) is 5. The molecule has 0 saturated heterocycles. The molecule has 8 nitrogen and oxygen atoms in total. The Hall–Kier alpha value is -2.46. The molecular weight excluding hydrogens is 372 g/mol. The lowest BCUT2D eigenvalue weighted by Crippen LogP contribution is -2.24. The number of benzene rings is 1. The smallest absolute Gasteiger partial charge is 0.239 e. The van der Waals surface area contributed by atoms with E-state index in [9.17, 15) is 4.79 Å². The predicted molar refractivity (Wildman–Crippen MR) is 101 cm³/mol. The Morgan fingerprint density at radius 3 is 2.69 bits per heavy atom. The normalized spacial score (nSPS) is 12.0. The largest absolute Gasteiger partial charge is 0.497 e. The Morgan fingerprint density at radius 1 is 1.31 bits per heavy atom. The first-order valence-electron chi connectivity index (χ1n) is 7.90. The predicted octanol–water partition coefficient (Wildman–Crippen LogP) is 2.85. The molecule has 2 heterocycles. The van der Waals surface area contributed by atoms with Gasteiger partial charge in [0, 0.05) is 12.6 Å². The third-order valence-corrected chi connectivity index (χ3v) is 5.87. The van der Waals surface area contributed by atoms with Crippen LogP contribution in [-0.2, 0) is 11.8 Å². The Kier molecular flexibility index (Phi) is 5.84. The maximum Gasteiger partial charge on any atom is 0.239 e. The molecule has 0 aliphatic carbocycles. The Morgan fingerprint density at radius 2 is 2.08 bits per heavy atom. The van der Waals surface area contributed by atoms with Gasteiger partial charge in [-0.2, -0.15) is 0 Å². The summed E-state index contributed by atoms with van der Waals surface area (Å²) in [6, 6.07) is 7.53. The van der Waals surface area contributed by atoms with Crippen LogP contribution in [0.15, 0.2) is 35.7 Å². The molecule has 136 valence electrons. The van der Waals surface area contributed by atoms with Crippen molar-refractivity contribution in [2.45, 2.75) is 23.8 Å². The van der Waals surface area contributed by atoms with Crippen molar-refractivity contribution >= 4 is 34.1 Å². The summed E-state index contributed by atoms with van der Waals surface area (Å²) in [7, 11) is 3.47. The molecule has 0 aliphatic heterocycles. The molecule has 1 amide bonds. The SMILES string of the molecule is CC[C@@H](Sc1nncn1C)C(=O)Nc1nnc(-c2ccc(OC)cc2)s1. The number of hydrogen-bond donors (Lipinski definition) is 1. The van der Waals surface area contributed by atoms with Crippen LogP contribution in [0.2, 0.25) is 0 Å². The van der Waals surface area contributed by atoms with Gasteiger partial charge in [-0.15, -0.1) is 20.4 Å². The van der Waals surface area contributed by atoms with Crippen LogP contribution < -0.4 is 10.1 Å². The van der Waals surface area contributed by atoms with E-state index in [1.165, 1.54) is 23.1 Å². The highest BCUT2D eigenvalue weighted by Crippen LogP contribution is 2.29. The number of hydrogen-bond acceptors (Lipinski definition) is 8. The zero-order valence-electron chi connectivity index (χ0n) is 14.5. The van der Waals surface area contributed by atoms with Gasteiger partial charge in [-0.05, 0) is 30.7 Å². The molecule has 0 spiro atoms. The van der Waals surface area contributed by atoms with Crippen molar-refractivity contribution in [3.63, 3.8) is 0 Å². The molecule has 2 aromatic heterocycles. The summed E-state index contributed by atoms with van der Waals surface area (Å²) in [4.78, 5) is 12.5. The molecule has 0 aliphatic rings. The fourth-order valence-corrected chi connectivity index (χ4v) is 3.79. The standard InChI is InChI=1S/C16H18N6O2S2/c1-4-12(25-16-21-17-9-22(16)2)13(23)18-15-20-19-14(26-15)10-5-7-11(24-3)8-6-10/h5-9,12H,4H2,1-3H3,(H,18,20,23)/t12-/m1/s1. The van der Waals surface area contributed by atoms with Gasteiger partial charge in [0.2, 0.25) is 11.0 Å². The number of anilines is 1. The molecule has 0 bridgehead atoms. The zero-order valence-corrected chi connectivity index (χ0v) is 16.2. The van der Waals surface area contributed by atoms with Gasteiger partial charge in [0.15, 0.2) is 5.16 Å². The third kappa shape index (κ3) is 4.20. The highest BCUT2D eigenvalue weighted by Gasteiger charge is 2.21. The van der Waals surface area contributed by atoms with Crippen LogP contribution in [0.4, 0.5) is 5.13 Å². The van der Waals surface area contributed by atoms with Crippen LogP contribution in [-0.4, -0.2) is 43.2 Å². The van der Waals surface area contributed by atoms with Crippen molar-refractivity contribution in [2.24, 2.45) is 7.05 Å². The average Bonchev–Trinajstić information content (AvgIpc) is 3.28. The highest BCUT2D eigenvalue weighted by molar-refractivity contribution is 8.00. The minimum Gasteiger partial charge on any atom is -0.497 e. The minimum absolute atomic E-state index is 0.127. The van der Waals surface area contributed by atoms with Crippen LogP contribution in [0.1, 0.15) is 13.3 Å². The van der Waals surface area contributed by atoms with Crippen LogP contribution in [0, 0.1) is 0 Å². The summed E-state index contributed by atoms with van der Waals surface area (Å²) in [5.74, 6) is 0.649. The molecule has 3 aromatic rings. The molecular formula is C16H18N6O2S2. The van der Waals surface area contributed by atoms with Crippen molar-refractivity contribution in [2.75, 3.05) is 12.4 Å². The van der Waals surface area contributed by atoms with E-state index in [-0.39, 0.29) is 11.2 Å². The van der Waals surface area contributed by atoms with Gasteiger partial charge in [-0.1, -0.05) is 30.0 Å². The fraction of sp³-hybridized carbons (Fsp3) is 0.312. The van der Waals surface area contributed by atoms with Crippen molar-refractivity contribution in [1.29, 1.82) is 0 Å². The van der Waals surface area contributed by atoms with Gasteiger partial charge in [0.05, 0.1) is 12.4 Å². The molecule has 0 radical (unpaired) electrons. The number of rotatable bonds is 7. The van der Waals surface area contributed by atoms with Crippen LogP contribution in [0.25, 0.3) is 10.6 Å². The number of carbonyl (C=O) groups is 1. The minimum atomic E-state index is -0.286. The second kappa shape index (κ2) is 8.28. The number of methoxy groups -OCH3 is 1. The van der Waals surface area contributed by atoms with Gasteiger partial charge in [0.1, 0.15) is 17.1 Å². The van der Waals surface area contributed by atoms with Gasteiger partial charge >= 0.3 is 0 Å². The Bertz CT molecular complexity index is 877. The molecule has 0 saturated carbocycles. The number of carbonyl (C=O) groups excluding carboxylic acids is 1. The summed E-state index contributed by atoms with van der Waals surface area (Å²) in [5, 5.41) is 20.5. The van der Waals surface area contributed by atoms with Crippen molar-refractivity contribution in [1.82, 2.24) is 25.0 Å². The van der Waals surface area contributed by atoms with E-state index < -0.39 is 0 Å². The van der Waals surface area contributed by atoms with E-state index in [0.717, 1.165) is 16.3 Å². The molecule has 10 heteroatoms. The van der Waals surface area contributed by atoms with Crippen molar-refractivity contribution in [3.05, 3.63) is 30.6 Å². The molecule has 26 heavy (non-hydrogen) atoms. The molecule has 1 aromatic carbocycles. The van der Waals surface area contributed by atoms with Crippen LogP contribution in [0.3, 0.4) is 0 Å². The molecule has 3 rings (SSSR count). The summed E-state index contributed by atoms with van der Waals surface area (Å²) >= 11 is 2.71. The van der Waals surface area contributed by atoms with Gasteiger partial charge in [-0.25, -0.2) is 0 Å². The topological polar surface area (TPSA) is 94.8 Å². The lowest BCUT2D eigenvalue weighted by molar-refractivity contribution is -0.115. The number of ether oxygens (including phenoxy) is 1. The van der Waals surface area contributed by atoms with E-state index >= 15 is 0 Å². The fourth-order valence-electron chi connectivity index (χ4n) is 2.14. The first-order chi connectivity index (χ1) is 12.6. The van der Waals surface area contributed by atoms with E-state index in [1.54, 1.807) is 18.0 Å². The maximum atomic E-state index is 12.5. The lowest BCUT2D eigenvalue weighted by Gasteiger charge is -2.12. The molecule has 0 fully saturated rings. The lowest BCUT2D eigenvalue weighted by atomic mass is 10.2. The molecule has 0 unspecified atom stereocenters. The summed E-state index contributed by atoms with van der Waals surface area (Å²) < 4.78 is 6.93. The van der Waals surface area contributed by atoms with Crippen LogP contribution >= 0.6 is 23.1 Å². The number of nitrogens with one attached hydrogen (secondary N) is 1. The summed E-state index contributed by atoms with van der Waals surface area (Å²) in [5.41, 5.74) is 0.921. The van der Waals surface area contributed by atoms with Gasteiger partial charge < -0.3 is 9.30 Å². The number of amides is 1. The number of thioether (sulfide) groups is 1. The van der Waals surface area contributed by atoms with Crippen molar-refractivity contribution < 1.29 is 9.53 Å². The van der Waals surface area contributed by atoms with Gasteiger partial charge in [-0.3, -0.25) is 10.1 Å². The first-order valence-corrected chi connectivity index (χ1v) is 9.59. The summed E-state index contributed by atoms with van der Waals surface area (Å²) in [6.45, 7) is 1.95. The molecule has 1 N–H and O–H groups in total. The first kappa shape index (κ1) is 18.3. The second-order valence-electron chi connectivity index (χ2n) is 5.37. The Balaban J connectivity index is 1.67. The monoisotopic (exact) mass is 390 g/mol. The highest BCUT2D eigenvalue weighted by atomic mass is 32.2. The van der Waals surface area contributed by atoms with E-state index in [2.05, 4.69) is 25.7 Å². The average molecular weight is 390 g/mol. The van der Waals surface area contributed by atoms with E-state index in [4.69, 9.17) is 4.74 Å². The maximum absolute atomic E-state index is 12.5. The number of aryl methyl sites for hydroxylation is 1. The van der Waals surface area contributed by atoms with Crippen molar-refractivity contribution in [3.8, 4) is 16.3 Å². The molecule has 1 atom stereocenters. The van der Waals surface area contributed by atoms with E-state index in [1.807, 2.05) is 38.2 Å². The van der Waals surface area contributed by atoms with Gasteiger partial charge in [0.25, 0.3) is 0 Å². The quantitative estimate of drug-likeness (QED) is 0.620. The van der Waals surface area contributed by atoms with Crippen LogP contribution in [0.5, 0.6) is 5.75 Å².